The molecular weight excluding hydrogens is 352 g/mol. The third-order valence-electron chi connectivity index (χ3n) is 4.84. The first-order valence-corrected chi connectivity index (χ1v) is 9.00. The molecule has 0 spiro atoms. The molecule has 1 aliphatic heterocycles. The summed E-state index contributed by atoms with van der Waals surface area (Å²) in [5.41, 5.74) is 2.83. The van der Waals surface area contributed by atoms with E-state index >= 15 is 0 Å². The molecule has 1 saturated heterocycles. The highest BCUT2D eigenvalue weighted by Crippen LogP contribution is 2.31. The van der Waals surface area contributed by atoms with Crippen LogP contribution in [-0.4, -0.2) is 42.1 Å². The Hall–Kier alpha value is -2.37. The Morgan fingerprint density at radius 1 is 1.19 bits per heavy atom. The highest BCUT2D eigenvalue weighted by molar-refractivity contribution is 6.34. The second-order valence-corrected chi connectivity index (χ2v) is 6.86. The van der Waals surface area contributed by atoms with Crippen molar-refractivity contribution in [1.82, 2.24) is 9.88 Å². The molecule has 134 valence electrons. The number of ether oxygens (including phenoxy) is 1. The maximum absolute atomic E-state index is 12.7. The van der Waals surface area contributed by atoms with E-state index in [9.17, 15) is 4.79 Å². The van der Waals surface area contributed by atoms with Gasteiger partial charge in [0.05, 0.1) is 5.02 Å². The Labute approximate surface area is 156 Å². The molecule has 6 heteroatoms. The molecule has 1 amide bonds. The molecule has 0 radical (unpaired) electrons. The van der Waals surface area contributed by atoms with Crippen molar-refractivity contribution in [2.75, 3.05) is 20.3 Å². The van der Waals surface area contributed by atoms with Gasteiger partial charge in [-0.3, -0.25) is 9.78 Å². The largest absolute Gasteiger partial charge is 0.453 e. The quantitative estimate of drug-likeness (QED) is 0.685. The number of carbonyl (C=O) groups is 1. The second-order valence-electron chi connectivity index (χ2n) is 6.45. The number of halogens is 1. The van der Waals surface area contributed by atoms with E-state index in [2.05, 4.69) is 4.98 Å². The number of benzene rings is 1. The summed E-state index contributed by atoms with van der Waals surface area (Å²) in [5, 5.41) is 0.533. The molecule has 2 aromatic heterocycles. The molecular formula is C20H19ClN2O3. The number of hydrogen-bond acceptors (Lipinski definition) is 4. The Morgan fingerprint density at radius 2 is 1.92 bits per heavy atom. The lowest BCUT2D eigenvalue weighted by Gasteiger charge is -2.31. The van der Waals surface area contributed by atoms with E-state index in [-0.39, 0.29) is 11.9 Å². The zero-order chi connectivity index (χ0) is 18.1. The monoisotopic (exact) mass is 370 g/mol. The van der Waals surface area contributed by atoms with E-state index in [4.69, 9.17) is 20.8 Å². The van der Waals surface area contributed by atoms with Crippen LogP contribution in [0.5, 0.6) is 0 Å². The van der Waals surface area contributed by atoms with Crippen molar-refractivity contribution in [2.24, 2.45) is 0 Å². The van der Waals surface area contributed by atoms with Crippen molar-refractivity contribution < 1.29 is 13.9 Å². The van der Waals surface area contributed by atoms with Gasteiger partial charge in [-0.15, -0.1) is 0 Å². The van der Waals surface area contributed by atoms with Crippen molar-refractivity contribution in [2.45, 2.75) is 18.9 Å². The molecule has 0 N–H and O–H groups in total. The van der Waals surface area contributed by atoms with Crippen LogP contribution in [0.25, 0.3) is 22.4 Å². The van der Waals surface area contributed by atoms with Gasteiger partial charge >= 0.3 is 0 Å². The van der Waals surface area contributed by atoms with Crippen LogP contribution in [0, 0.1) is 0 Å². The fourth-order valence-electron chi connectivity index (χ4n) is 3.27. The lowest BCUT2D eigenvalue weighted by atomic mass is 10.0. The van der Waals surface area contributed by atoms with Crippen LogP contribution in [0.1, 0.15) is 23.2 Å². The van der Waals surface area contributed by atoms with Gasteiger partial charge in [-0.05, 0) is 31.0 Å². The van der Waals surface area contributed by atoms with E-state index < -0.39 is 0 Å². The van der Waals surface area contributed by atoms with Crippen LogP contribution in [0.15, 0.2) is 47.0 Å². The average Bonchev–Trinajstić information content (AvgIpc) is 3.13. The Balaban J connectivity index is 1.55. The van der Waals surface area contributed by atoms with Gasteiger partial charge in [0.15, 0.2) is 5.58 Å². The summed E-state index contributed by atoms with van der Waals surface area (Å²) in [6, 6.07) is 11.2. The molecule has 1 aliphatic rings. The summed E-state index contributed by atoms with van der Waals surface area (Å²) in [4.78, 5) is 18.8. The van der Waals surface area contributed by atoms with Gasteiger partial charge in [-0.1, -0.05) is 23.7 Å². The van der Waals surface area contributed by atoms with E-state index in [1.165, 1.54) is 0 Å². The predicted octanol–water partition coefficient (Wildman–Crippen LogP) is 4.40. The third-order valence-corrected chi connectivity index (χ3v) is 5.14. The highest BCUT2D eigenvalue weighted by Gasteiger charge is 2.23. The highest BCUT2D eigenvalue weighted by atomic mass is 35.5. The lowest BCUT2D eigenvalue weighted by molar-refractivity contribution is 0.0362. The van der Waals surface area contributed by atoms with Crippen molar-refractivity contribution in [1.29, 1.82) is 0 Å². The summed E-state index contributed by atoms with van der Waals surface area (Å²) in [7, 11) is 1.86. The summed E-state index contributed by atoms with van der Waals surface area (Å²) in [5.74, 6) is 0.704. The molecule has 0 saturated carbocycles. The minimum absolute atomic E-state index is 0.0257. The van der Waals surface area contributed by atoms with Crippen LogP contribution in [0.4, 0.5) is 0 Å². The van der Waals surface area contributed by atoms with Crippen LogP contribution in [-0.2, 0) is 4.74 Å². The van der Waals surface area contributed by atoms with Crippen LogP contribution >= 0.6 is 11.6 Å². The number of nitrogens with zero attached hydrogens (tertiary/aromatic N) is 2. The van der Waals surface area contributed by atoms with E-state index in [1.807, 2.05) is 42.3 Å². The SMILES string of the molecule is CN(C(=O)c1ccc(-c2cc3nccc(Cl)c3o2)cc1)C1CCOCC1. The minimum Gasteiger partial charge on any atom is -0.453 e. The van der Waals surface area contributed by atoms with Gasteiger partial charge in [0, 0.05) is 49.7 Å². The van der Waals surface area contributed by atoms with Crippen LogP contribution in [0.2, 0.25) is 5.02 Å². The number of amides is 1. The molecule has 26 heavy (non-hydrogen) atoms. The first-order chi connectivity index (χ1) is 12.6. The van der Waals surface area contributed by atoms with Gasteiger partial charge in [0.25, 0.3) is 5.91 Å². The number of carbonyl (C=O) groups excluding carboxylic acids is 1. The van der Waals surface area contributed by atoms with Gasteiger partial charge < -0.3 is 14.1 Å². The van der Waals surface area contributed by atoms with Crippen molar-refractivity contribution in [3.63, 3.8) is 0 Å². The van der Waals surface area contributed by atoms with E-state index in [1.54, 1.807) is 12.3 Å². The summed E-state index contributed by atoms with van der Waals surface area (Å²) in [6.45, 7) is 1.42. The van der Waals surface area contributed by atoms with Gasteiger partial charge in [-0.25, -0.2) is 0 Å². The maximum Gasteiger partial charge on any atom is 0.253 e. The second kappa shape index (κ2) is 7.09. The topological polar surface area (TPSA) is 55.6 Å². The minimum atomic E-state index is 0.0257. The number of furan rings is 1. The molecule has 0 bridgehead atoms. The zero-order valence-corrected chi connectivity index (χ0v) is 15.2. The fraction of sp³-hybridized carbons (Fsp3) is 0.300. The van der Waals surface area contributed by atoms with Gasteiger partial charge in [-0.2, -0.15) is 0 Å². The number of aromatic nitrogens is 1. The van der Waals surface area contributed by atoms with Crippen LogP contribution in [0.3, 0.4) is 0 Å². The Kier molecular flexibility index (Phi) is 4.66. The van der Waals surface area contributed by atoms with Crippen molar-refractivity contribution >= 4 is 28.6 Å². The van der Waals surface area contributed by atoms with Crippen LogP contribution < -0.4 is 0 Å². The molecule has 3 heterocycles. The summed E-state index contributed by atoms with van der Waals surface area (Å²) >= 11 is 6.14. The third kappa shape index (κ3) is 3.20. The predicted molar refractivity (Wildman–Crippen MR) is 100 cm³/mol. The standard InChI is InChI=1S/C20H19ClN2O3/c1-23(15-7-10-25-11-8-15)20(24)14-4-2-13(3-5-14)18-12-17-19(26-18)16(21)6-9-22-17/h2-6,9,12,15H,7-8,10-11H2,1H3. The van der Waals surface area contributed by atoms with Gasteiger partial charge in [0.2, 0.25) is 0 Å². The number of pyridine rings is 1. The number of rotatable bonds is 3. The van der Waals surface area contributed by atoms with E-state index in [0.29, 0.717) is 40.7 Å². The summed E-state index contributed by atoms with van der Waals surface area (Å²) in [6.07, 6.45) is 3.41. The van der Waals surface area contributed by atoms with Crippen molar-refractivity contribution in [3.8, 4) is 11.3 Å². The summed E-state index contributed by atoms with van der Waals surface area (Å²) < 4.78 is 11.2. The van der Waals surface area contributed by atoms with E-state index in [0.717, 1.165) is 18.4 Å². The Morgan fingerprint density at radius 3 is 2.62 bits per heavy atom. The molecule has 3 aromatic rings. The molecule has 5 nitrogen and oxygen atoms in total. The van der Waals surface area contributed by atoms with Crippen molar-refractivity contribution in [3.05, 3.63) is 53.2 Å². The molecule has 1 fully saturated rings. The molecule has 1 aromatic carbocycles. The molecule has 0 unspecified atom stereocenters. The first-order valence-electron chi connectivity index (χ1n) is 8.63. The molecule has 4 rings (SSSR count). The number of hydrogen-bond donors (Lipinski definition) is 0. The molecule has 0 atom stereocenters. The average molecular weight is 371 g/mol. The smallest absolute Gasteiger partial charge is 0.253 e. The Bertz CT molecular complexity index is 930. The lowest BCUT2D eigenvalue weighted by Crippen LogP contribution is -2.40. The zero-order valence-electron chi connectivity index (χ0n) is 14.4. The maximum atomic E-state index is 12.7. The normalized spacial score (nSPS) is 15.3. The molecule has 0 aliphatic carbocycles. The number of fused-ring (bicyclic) bond motifs is 1. The van der Waals surface area contributed by atoms with Gasteiger partial charge in [0.1, 0.15) is 11.3 Å². The fourth-order valence-corrected chi connectivity index (χ4v) is 3.46. The first kappa shape index (κ1) is 17.1.